The Hall–Kier alpha value is -3.60. The molecular weight excluding hydrogens is 453 g/mol. The van der Waals surface area contributed by atoms with Crippen molar-refractivity contribution in [3.05, 3.63) is 81.5 Å². The van der Waals surface area contributed by atoms with E-state index in [9.17, 15) is 22.8 Å². The molecule has 4 rings (SSSR count). The van der Waals surface area contributed by atoms with Crippen molar-refractivity contribution >= 4 is 24.1 Å². The summed E-state index contributed by atoms with van der Waals surface area (Å²) in [4.78, 5) is 28.2. The number of fused-ring (bicyclic) bond motifs is 1. The maximum Gasteiger partial charge on any atom is 0.423 e. The quantitative estimate of drug-likeness (QED) is 0.590. The van der Waals surface area contributed by atoms with E-state index >= 15 is 0 Å². The number of alkyl halides is 3. The molecule has 0 amide bonds. The number of anilines is 1. The van der Waals surface area contributed by atoms with Crippen LogP contribution in [-0.2, 0) is 12.7 Å². The Balaban J connectivity index is 0.00000289. The standard InChI is InChI=1S/C20H15F3N4O4.ClH/c21-20(22,23)17-15(8-25-26-18(17)28)27-9-11-3-1-2-4-13(11)16(27)10-31-12-5-6-24-14(7-12)19(29)30;/h1-8,16H,9-10H2,(H,26,28)(H,29,30);1H. The minimum Gasteiger partial charge on any atom is -0.491 e. The molecule has 32 heavy (non-hydrogen) atoms. The highest BCUT2D eigenvalue weighted by atomic mass is 35.5. The van der Waals surface area contributed by atoms with E-state index in [0.717, 1.165) is 17.3 Å². The molecule has 1 atom stereocenters. The molecule has 0 aliphatic carbocycles. The van der Waals surface area contributed by atoms with Crippen LogP contribution in [0.1, 0.15) is 33.2 Å². The van der Waals surface area contributed by atoms with Crippen molar-refractivity contribution in [1.82, 2.24) is 15.2 Å². The number of nitrogens with one attached hydrogen (secondary N) is 1. The summed E-state index contributed by atoms with van der Waals surface area (Å²) in [5.74, 6) is -1.03. The molecule has 3 aromatic rings. The Morgan fingerprint density at radius 3 is 2.75 bits per heavy atom. The van der Waals surface area contributed by atoms with Crippen molar-refractivity contribution in [1.29, 1.82) is 0 Å². The van der Waals surface area contributed by atoms with Crippen LogP contribution in [0.2, 0.25) is 0 Å². The molecule has 0 spiro atoms. The third-order valence-electron chi connectivity index (χ3n) is 4.92. The van der Waals surface area contributed by atoms with Crippen molar-refractivity contribution in [2.45, 2.75) is 18.8 Å². The number of aromatic nitrogens is 3. The number of rotatable bonds is 5. The normalized spacial score (nSPS) is 15.1. The van der Waals surface area contributed by atoms with Gasteiger partial charge in [-0.2, -0.15) is 18.3 Å². The van der Waals surface area contributed by atoms with Gasteiger partial charge >= 0.3 is 12.1 Å². The van der Waals surface area contributed by atoms with E-state index in [0.29, 0.717) is 0 Å². The van der Waals surface area contributed by atoms with Gasteiger partial charge < -0.3 is 14.7 Å². The Labute approximate surface area is 185 Å². The molecule has 2 aromatic heterocycles. The van der Waals surface area contributed by atoms with Gasteiger partial charge in [0.25, 0.3) is 5.56 Å². The molecule has 1 aliphatic heterocycles. The number of carboxylic acid groups (broad SMARTS) is 1. The van der Waals surface area contributed by atoms with Crippen LogP contribution in [0.3, 0.4) is 0 Å². The fourth-order valence-electron chi connectivity index (χ4n) is 3.57. The minimum atomic E-state index is -4.88. The molecule has 8 nitrogen and oxygen atoms in total. The number of carbonyl (C=O) groups is 1. The molecule has 0 fully saturated rings. The van der Waals surface area contributed by atoms with E-state index < -0.39 is 29.3 Å². The Morgan fingerprint density at radius 2 is 2.03 bits per heavy atom. The molecule has 0 saturated carbocycles. The fourth-order valence-corrected chi connectivity index (χ4v) is 3.57. The van der Waals surface area contributed by atoms with Crippen LogP contribution in [0.15, 0.2) is 53.6 Å². The second kappa shape index (κ2) is 8.87. The Morgan fingerprint density at radius 1 is 1.28 bits per heavy atom. The van der Waals surface area contributed by atoms with Gasteiger partial charge in [-0.3, -0.25) is 4.79 Å². The fraction of sp³-hybridized carbons (Fsp3) is 0.200. The lowest BCUT2D eigenvalue weighted by Gasteiger charge is -2.28. The minimum absolute atomic E-state index is 0. The van der Waals surface area contributed by atoms with Gasteiger partial charge in [0.05, 0.1) is 17.9 Å². The number of carboxylic acids is 1. The van der Waals surface area contributed by atoms with Crippen LogP contribution in [-0.4, -0.2) is 32.9 Å². The topological polar surface area (TPSA) is 108 Å². The average Bonchev–Trinajstić information content (AvgIpc) is 3.10. The van der Waals surface area contributed by atoms with E-state index in [-0.39, 0.29) is 42.7 Å². The first-order valence-electron chi connectivity index (χ1n) is 9.07. The van der Waals surface area contributed by atoms with Crippen molar-refractivity contribution in [2.75, 3.05) is 11.5 Å². The molecule has 0 radical (unpaired) electrons. The maximum atomic E-state index is 13.6. The summed E-state index contributed by atoms with van der Waals surface area (Å²) >= 11 is 0. The van der Waals surface area contributed by atoms with E-state index in [1.807, 2.05) is 5.10 Å². The predicted molar refractivity (Wildman–Crippen MR) is 109 cm³/mol. The first kappa shape index (κ1) is 23.1. The Bertz CT molecular complexity index is 1200. The molecule has 168 valence electrons. The number of H-pyrrole nitrogens is 1. The van der Waals surface area contributed by atoms with Crippen LogP contribution < -0.4 is 15.2 Å². The predicted octanol–water partition coefficient (Wildman–Crippen LogP) is 3.44. The van der Waals surface area contributed by atoms with Gasteiger partial charge in [0.15, 0.2) is 5.69 Å². The van der Waals surface area contributed by atoms with Gasteiger partial charge in [-0.15, -0.1) is 12.4 Å². The molecular formula is C20H16ClF3N4O4. The van der Waals surface area contributed by atoms with Crippen molar-refractivity contribution < 1.29 is 27.8 Å². The lowest BCUT2D eigenvalue weighted by molar-refractivity contribution is -0.138. The monoisotopic (exact) mass is 468 g/mol. The van der Waals surface area contributed by atoms with Crippen LogP contribution >= 0.6 is 12.4 Å². The number of benzene rings is 1. The van der Waals surface area contributed by atoms with E-state index in [1.54, 1.807) is 24.3 Å². The number of pyridine rings is 1. The summed E-state index contributed by atoms with van der Waals surface area (Å²) < 4.78 is 46.6. The van der Waals surface area contributed by atoms with Crippen LogP contribution in [0, 0.1) is 0 Å². The summed E-state index contributed by atoms with van der Waals surface area (Å²) in [6.07, 6.45) is -2.65. The summed E-state index contributed by atoms with van der Waals surface area (Å²) in [5, 5.41) is 14.5. The lowest BCUT2D eigenvalue weighted by atomic mass is 10.1. The number of nitrogens with zero attached hydrogens (tertiary/aromatic N) is 3. The highest BCUT2D eigenvalue weighted by molar-refractivity contribution is 5.85. The molecule has 2 N–H and O–H groups in total. The SMILES string of the molecule is Cl.O=C(O)c1cc(OCC2c3ccccc3CN2c2cn[nH]c(=O)c2C(F)(F)F)ccn1. The van der Waals surface area contributed by atoms with Crippen LogP contribution in [0.5, 0.6) is 5.75 Å². The van der Waals surface area contributed by atoms with Gasteiger partial charge in [0, 0.05) is 18.8 Å². The second-order valence-corrected chi connectivity index (χ2v) is 6.79. The number of hydrogen-bond donors (Lipinski definition) is 2. The number of aromatic amines is 1. The van der Waals surface area contributed by atoms with Crippen molar-refractivity contribution in [2.24, 2.45) is 0 Å². The van der Waals surface area contributed by atoms with E-state index in [2.05, 4.69) is 10.1 Å². The third-order valence-corrected chi connectivity index (χ3v) is 4.92. The first-order valence-corrected chi connectivity index (χ1v) is 9.07. The van der Waals surface area contributed by atoms with Gasteiger partial charge in [-0.25, -0.2) is 14.9 Å². The molecule has 0 bridgehead atoms. The number of hydrogen-bond acceptors (Lipinski definition) is 6. The van der Waals surface area contributed by atoms with E-state index in [4.69, 9.17) is 9.84 Å². The molecule has 3 heterocycles. The third kappa shape index (κ3) is 4.37. The van der Waals surface area contributed by atoms with Crippen molar-refractivity contribution in [3.8, 4) is 5.75 Å². The molecule has 1 unspecified atom stereocenters. The zero-order valence-corrected chi connectivity index (χ0v) is 17.0. The summed E-state index contributed by atoms with van der Waals surface area (Å²) in [5.41, 5.74) is -1.73. The number of ether oxygens (including phenoxy) is 1. The maximum absolute atomic E-state index is 13.6. The second-order valence-electron chi connectivity index (χ2n) is 6.79. The lowest BCUT2D eigenvalue weighted by Crippen LogP contribution is -2.32. The summed E-state index contributed by atoms with van der Waals surface area (Å²) in [6.45, 7) is 0.0271. The molecule has 1 aromatic carbocycles. The highest BCUT2D eigenvalue weighted by Gasteiger charge is 2.42. The molecule has 1 aliphatic rings. The summed E-state index contributed by atoms with van der Waals surface area (Å²) in [6, 6.07) is 9.09. The van der Waals surface area contributed by atoms with Crippen LogP contribution in [0.4, 0.5) is 18.9 Å². The molecule has 12 heteroatoms. The zero-order valence-electron chi connectivity index (χ0n) is 16.2. The largest absolute Gasteiger partial charge is 0.491 e. The Kier molecular flexibility index (Phi) is 6.40. The highest BCUT2D eigenvalue weighted by Crippen LogP contribution is 2.42. The van der Waals surface area contributed by atoms with Crippen LogP contribution in [0.25, 0.3) is 0 Å². The molecule has 0 saturated heterocycles. The van der Waals surface area contributed by atoms with Gasteiger partial charge in [-0.05, 0) is 17.2 Å². The van der Waals surface area contributed by atoms with Gasteiger partial charge in [0.2, 0.25) is 0 Å². The zero-order chi connectivity index (χ0) is 22.2. The number of halogens is 4. The first-order chi connectivity index (χ1) is 14.8. The smallest absolute Gasteiger partial charge is 0.423 e. The van der Waals surface area contributed by atoms with Gasteiger partial charge in [-0.1, -0.05) is 24.3 Å². The average molecular weight is 469 g/mol. The van der Waals surface area contributed by atoms with Gasteiger partial charge in [0.1, 0.15) is 17.9 Å². The van der Waals surface area contributed by atoms with E-state index in [1.165, 1.54) is 23.2 Å². The summed E-state index contributed by atoms with van der Waals surface area (Å²) in [7, 11) is 0. The number of aromatic carboxylic acids is 1. The van der Waals surface area contributed by atoms with Crippen molar-refractivity contribution in [3.63, 3.8) is 0 Å².